The summed E-state index contributed by atoms with van der Waals surface area (Å²) in [5.41, 5.74) is -4.84. The van der Waals surface area contributed by atoms with Gasteiger partial charge in [0, 0.05) is 13.1 Å². The summed E-state index contributed by atoms with van der Waals surface area (Å²) in [4.78, 5) is 37.6. The van der Waals surface area contributed by atoms with Gasteiger partial charge in [0.15, 0.2) is 0 Å². The van der Waals surface area contributed by atoms with Gasteiger partial charge in [0.25, 0.3) is 11.8 Å². The van der Waals surface area contributed by atoms with E-state index in [-0.39, 0.29) is 35.3 Å². The predicted molar refractivity (Wildman–Crippen MR) is 124 cm³/mol. The molecule has 2 aromatic carbocycles. The van der Waals surface area contributed by atoms with Gasteiger partial charge < -0.3 is 34.7 Å². The highest BCUT2D eigenvalue weighted by Gasteiger charge is 2.41. The lowest BCUT2D eigenvalue weighted by atomic mass is 9.77. The number of benzene rings is 2. The van der Waals surface area contributed by atoms with Crippen LogP contribution in [0, 0.1) is 0 Å². The Balaban J connectivity index is 1.57. The number of carbonyl (C=O) groups excluding carboxylic acids is 2. The van der Waals surface area contributed by atoms with Crippen LogP contribution in [0.15, 0.2) is 24.3 Å². The summed E-state index contributed by atoms with van der Waals surface area (Å²) in [6.07, 6.45) is -10.0. The highest BCUT2D eigenvalue weighted by Crippen LogP contribution is 2.35. The van der Waals surface area contributed by atoms with Crippen LogP contribution in [0.1, 0.15) is 43.0 Å². The van der Waals surface area contributed by atoms with E-state index in [2.05, 4.69) is 5.32 Å². The number of aliphatic carboxylic acids is 1. The van der Waals surface area contributed by atoms with Crippen LogP contribution < -0.4 is 16.2 Å². The monoisotopic (exact) mass is 574 g/mol. The minimum absolute atomic E-state index is 0.0138. The van der Waals surface area contributed by atoms with Crippen LogP contribution in [-0.4, -0.2) is 71.7 Å². The largest absolute Gasteiger partial charge is 0.491 e. The molecule has 0 aromatic heterocycles. The Hall–Kier alpha value is -3.60. The van der Waals surface area contributed by atoms with E-state index < -0.39 is 86.3 Å². The van der Waals surface area contributed by atoms with Crippen LogP contribution in [0.5, 0.6) is 0 Å². The van der Waals surface area contributed by atoms with Crippen molar-refractivity contribution in [2.75, 3.05) is 19.6 Å². The first kappa shape index (κ1) is 29.4. The highest BCUT2D eigenvalue weighted by atomic mass is 19.4. The van der Waals surface area contributed by atoms with Gasteiger partial charge in [0.2, 0.25) is 0 Å². The average Bonchev–Trinajstić information content (AvgIpc) is 3.41. The van der Waals surface area contributed by atoms with E-state index in [4.69, 9.17) is 9.31 Å². The molecule has 2 amide bonds. The van der Waals surface area contributed by atoms with E-state index in [1.54, 1.807) is 0 Å². The zero-order chi connectivity index (χ0) is 29.6. The Morgan fingerprint density at radius 3 is 1.80 bits per heavy atom. The van der Waals surface area contributed by atoms with E-state index >= 15 is 0 Å². The predicted octanol–water partition coefficient (Wildman–Crippen LogP) is 0.116. The van der Waals surface area contributed by atoms with Gasteiger partial charge in [-0.15, -0.1) is 0 Å². The smallest absolute Gasteiger partial charge is 0.480 e. The van der Waals surface area contributed by atoms with Crippen molar-refractivity contribution in [3.63, 3.8) is 0 Å². The lowest BCUT2D eigenvalue weighted by Crippen LogP contribution is -2.43. The molecule has 2 aliphatic heterocycles. The van der Waals surface area contributed by atoms with Crippen LogP contribution in [0.3, 0.4) is 0 Å². The molecule has 0 radical (unpaired) electrons. The number of carbonyl (C=O) groups is 3. The number of amides is 2. The second kappa shape index (κ2) is 10.8. The summed E-state index contributed by atoms with van der Waals surface area (Å²) >= 11 is 0. The van der Waals surface area contributed by atoms with Crippen LogP contribution in [0.4, 0.5) is 26.3 Å². The topological polar surface area (TPSA) is 146 Å². The van der Waals surface area contributed by atoms with Crippen LogP contribution in [0.2, 0.25) is 0 Å². The maximum atomic E-state index is 13.7. The first-order valence-electron chi connectivity index (χ1n) is 11.4. The molecular formula is C22H18B2F6N2O8. The summed E-state index contributed by atoms with van der Waals surface area (Å²) < 4.78 is 91.7. The third-order valence-corrected chi connectivity index (χ3v) is 6.25. The van der Waals surface area contributed by atoms with Gasteiger partial charge in [0.1, 0.15) is 6.54 Å². The number of carboxylic acids is 1. The zero-order valence-electron chi connectivity index (χ0n) is 20.1. The minimum Gasteiger partial charge on any atom is -0.480 e. The summed E-state index contributed by atoms with van der Waals surface area (Å²) in [5, 5.41) is 31.0. The number of nitrogens with one attached hydrogen (secondary N) is 1. The lowest BCUT2D eigenvalue weighted by molar-refractivity contribution is -0.139. The van der Waals surface area contributed by atoms with Crippen LogP contribution in [0.25, 0.3) is 0 Å². The molecule has 4 rings (SSSR count). The fourth-order valence-corrected chi connectivity index (χ4v) is 4.37. The highest BCUT2D eigenvalue weighted by molar-refractivity contribution is 6.62. The van der Waals surface area contributed by atoms with E-state index in [0.29, 0.717) is 17.0 Å². The Kier molecular flexibility index (Phi) is 7.90. The fourth-order valence-electron chi connectivity index (χ4n) is 4.37. The second-order valence-electron chi connectivity index (χ2n) is 8.89. The van der Waals surface area contributed by atoms with E-state index in [9.17, 15) is 55.9 Å². The molecule has 18 heteroatoms. The zero-order valence-corrected chi connectivity index (χ0v) is 20.1. The summed E-state index contributed by atoms with van der Waals surface area (Å²) in [7, 11) is -3.18. The molecule has 2 heterocycles. The molecule has 0 spiro atoms. The van der Waals surface area contributed by atoms with Crippen molar-refractivity contribution in [3.05, 3.63) is 57.6 Å². The van der Waals surface area contributed by atoms with Crippen molar-refractivity contribution >= 4 is 42.9 Å². The number of nitrogens with zero attached hydrogens (tertiary/aromatic N) is 1. The number of fused-ring (bicyclic) bond motifs is 2. The van der Waals surface area contributed by atoms with Crippen molar-refractivity contribution in [1.82, 2.24) is 10.2 Å². The third kappa shape index (κ3) is 5.94. The molecule has 0 bridgehead atoms. The molecule has 0 saturated heterocycles. The molecule has 0 fully saturated rings. The average molecular weight is 574 g/mol. The van der Waals surface area contributed by atoms with E-state index in [0.717, 1.165) is 12.1 Å². The molecule has 0 unspecified atom stereocenters. The molecule has 2 aromatic rings. The summed E-state index contributed by atoms with van der Waals surface area (Å²) in [6.45, 7) is -3.14. The van der Waals surface area contributed by atoms with Gasteiger partial charge in [-0.2, -0.15) is 26.3 Å². The number of alkyl halides is 6. The SMILES string of the molecule is O=C(O)CN(CCNC(=O)c1cc2c(cc1C(F)(F)F)COB2O)C(=O)c1cc2c(cc1C(F)(F)F)COB2O. The molecule has 2 aliphatic rings. The van der Waals surface area contributed by atoms with Gasteiger partial charge in [-0.1, -0.05) is 0 Å². The number of hydrogen-bond acceptors (Lipinski definition) is 7. The van der Waals surface area contributed by atoms with Crippen LogP contribution in [-0.2, 0) is 39.7 Å². The molecule has 212 valence electrons. The van der Waals surface area contributed by atoms with Crippen LogP contribution >= 0.6 is 0 Å². The van der Waals surface area contributed by atoms with Crippen molar-refractivity contribution < 1.29 is 65.2 Å². The first-order valence-corrected chi connectivity index (χ1v) is 11.4. The number of hydrogen-bond donors (Lipinski definition) is 4. The Labute approximate surface area is 221 Å². The van der Waals surface area contributed by atoms with Gasteiger partial charge in [-0.05, 0) is 46.3 Å². The Bertz CT molecular complexity index is 1370. The van der Waals surface area contributed by atoms with Gasteiger partial charge in [-0.25, -0.2) is 0 Å². The number of halogens is 6. The quantitative estimate of drug-likeness (QED) is 0.270. The lowest BCUT2D eigenvalue weighted by Gasteiger charge is -2.24. The maximum absolute atomic E-state index is 13.7. The second-order valence-corrected chi connectivity index (χ2v) is 8.89. The van der Waals surface area contributed by atoms with Gasteiger partial charge >= 0.3 is 32.6 Å². The number of rotatable bonds is 7. The van der Waals surface area contributed by atoms with Gasteiger partial charge in [0.05, 0.1) is 35.5 Å². The molecule has 0 aliphatic carbocycles. The van der Waals surface area contributed by atoms with Crippen molar-refractivity contribution in [2.45, 2.75) is 25.6 Å². The normalized spacial score (nSPS) is 14.7. The standard InChI is InChI=1S/C22H18B2F6N2O8/c25-21(26,27)14-3-10-8-39-23(37)16(10)5-12(14)19(35)31-1-2-32(7-18(33)34)20(36)13-6-17-11(9-40-24(17)38)4-15(13)22(28,29)30/h3-6,37-38H,1-2,7-9H2,(H,31,35)(H,33,34). The van der Waals surface area contributed by atoms with Crippen molar-refractivity contribution in [3.8, 4) is 0 Å². The fraction of sp³-hybridized carbons (Fsp3) is 0.318. The summed E-state index contributed by atoms with van der Waals surface area (Å²) in [6, 6.07) is 2.77. The molecule has 40 heavy (non-hydrogen) atoms. The van der Waals surface area contributed by atoms with Crippen molar-refractivity contribution in [1.29, 1.82) is 0 Å². The Morgan fingerprint density at radius 2 is 1.32 bits per heavy atom. The van der Waals surface area contributed by atoms with Gasteiger partial charge in [-0.3, -0.25) is 14.4 Å². The molecule has 10 nitrogen and oxygen atoms in total. The summed E-state index contributed by atoms with van der Waals surface area (Å²) in [5.74, 6) is -4.34. The molecule has 0 atom stereocenters. The Morgan fingerprint density at radius 1 is 0.850 bits per heavy atom. The third-order valence-electron chi connectivity index (χ3n) is 6.25. The van der Waals surface area contributed by atoms with Crippen molar-refractivity contribution in [2.24, 2.45) is 0 Å². The molecule has 0 saturated carbocycles. The van der Waals surface area contributed by atoms with E-state index in [1.165, 1.54) is 0 Å². The molecular weight excluding hydrogens is 556 g/mol. The number of carboxylic acid groups (broad SMARTS) is 1. The van der Waals surface area contributed by atoms with E-state index in [1.807, 2.05) is 0 Å². The first-order chi connectivity index (χ1) is 18.6. The maximum Gasteiger partial charge on any atom is 0.491 e. The molecule has 4 N–H and O–H groups in total. The minimum atomic E-state index is -5.05.